The van der Waals surface area contributed by atoms with E-state index in [0.29, 0.717) is 13.1 Å². The molecule has 2 saturated heterocycles. The maximum Gasteiger partial charge on any atom is 0.254 e. The summed E-state index contributed by atoms with van der Waals surface area (Å²) in [5.41, 5.74) is 1.96. The van der Waals surface area contributed by atoms with Gasteiger partial charge in [-0.25, -0.2) is 0 Å². The van der Waals surface area contributed by atoms with Crippen LogP contribution in [0.5, 0.6) is 0 Å². The van der Waals surface area contributed by atoms with Gasteiger partial charge in [-0.05, 0) is 60.2 Å². The molecule has 0 N–H and O–H groups in total. The molecule has 2 heterocycles. The van der Waals surface area contributed by atoms with E-state index in [-0.39, 0.29) is 23.8 Å². The minimum absolute atomic E-state index is 0.00242. The highest BCUT2D eigenvalue weighted by atomic mass is 79.9. The molecule has 3 aromatic carbocycles. The van der Waals surface area contributed by atoms with Crippen molar-refractivity contribution in [1.82, 2.24) is 9.80 Å². The first-order chi connectivity index (χ1) is 15.6. The molecule has 4 nitrogen and oxygen atoms in total. The van der Waals surface area contributed by atoms with Crippen LogP contribution in [0.15, 0.2) is 71.2 Å². The number of benzene rings is 3. The van der Waals surface area contributed by atoms with Gasteiger partial charge in [0.15, 0.2) is 0 Å². The van der Waals surface area contributed by atoms with Crippen molar-refractivity contribution in [3.05, 3.63) is 82.3 Å². The van der Waals surface area contributed by atoms with Gasteiger partial charge in [0.2, 0.25) is 5.91 Å². The van der Waals surface area contributed by atoms with Crippen molar-refractivity contribution in [2.45, 2.75) is 31.7 Å². The molecular weight excluding hydrogens is 464 g/mol. The summed E-state index contributed by atoms with van der Waals surface area (Å²) in [4.78, 5) is 30.6. The first-order valence-corrected chi connectivity index (χ1v) is 12.2. The van der Waals surface area contributed by atoms with E-state index in [2.05, 4.69) is 33.0 Å². The molecule has 0 saturated carbocycles. The molecule has 0 bridgehead atoms. The maximum atomic E-state index is 13.4. The summed E-state index contributed by atoms with van der Waals surface area (Å²) in [5, 5.41) is 2.07. The summed E-state index contributed by atoms with van der Waals surface area (Å²) >= 11 is 3.50. The van der Waals surface area contributed by atoms with Crippen LogP contribution in [0, 0.1) is 5.92 Å². The van der Waals surface area contributed by atoms with Crippen molar-refractivity contribution in [1.29, 1.82) is 0 Å². The molecule has 1 atom stereocenters. The Balaban J connectivity index is 1.25. The summed E-state index contributed by atoms with van der Waals surface area (Å²) in [5.74, 6) is 0.330. The first-order valence-electron chi connectivity index (χ1n) is 11.4. The Kier molecular flexibility index (Phi) is 6.01. The molecule has 0 spiro atoms. The summed E-state index contributed by atoms with van der Waals surface area (Å²) < 4.78 is 1.06. The molecular formula is C27H27BrN2O2. The average molecular weight is 491 g/mol. The molecule has 2 amide bonds. The van der Waals surface area contributed by atoms with Gasteiger partial charge in [0, 0.05) is 35.6 Å². The van der Waals surface area contributed by atoms with E-state index in [1.54, 1.807) is 0 Å². The minimum Gasteiger partial charge on any atom is -0.339 e. The van der Waals surface area contributed by atoms with E-state index in [4.69, 9.17) is 0 Å². The molecule has 2 aliphatic rings. The second-order valence-corrected chi connectivity index (χ2v) is 9.75. The van der Waals surface area contributed by atoms with Gasteiger partial charge in [-0.2, -0.15) is 0 Å². The zero-order chi connectivity index (χ0) is 22.1. The highest BCUT2D eigenvalue weighted by Crippen LogP contribution is 2.35. The monoisotopic (exact) mass is 490 g/mol. The standard InChI is InChI=1S/C27H27BrN2O2/c28-22-12-10-20(11-13-22)25-9-4-16-30(25)26(31)21-14-17-29(18-15-21)27(32)24-8-3-6-19-5-1-2-7-23(19)24/h1-3,5-8,10-13,21,25H,4,9,14-18H2. The van der Waals surface area contributed by atoms with Gasteiger partial charge in [-0.15, -0.1) is 0 Å². The molecule has 0 aliphatic carbocycles. The van der Waals surface area contributed by atoms with Crippen LogP contribution in [0.1, 0.15) is 47.6 Å². The predicted molar refractivity (Wildman–Crippen MR) is 130 cm³/mol. The quantitative estimate of drug-likeness (QED) is 0.464. The number of fused-ring (bicyclic) bond motifs is 1. The Morgan fingerprint density at radius 1 is 0.812 bits per heavy atom. The maximum absolute atomic E-state index is 13.4. The Morgan fingerprint density at radius 2 is 1.53 bits per heavy atom. The Bertz CT molecular complexity index is 1130. The molecule has 164 valence electrons. The van der Waals surface area contributed by atoms with Gasteiger partial charge < -0.3 is 9.80 Å². The summed E-state index contributed by atoms with van der Waals surface area (Å²) in [7, 11) is 0. The number of hydrogen-bond donors (Lipinski definition) is 0. The van der Waals surface area contributed by atoms with E-state index >= 15 is 0 Å². The van der Waals surface area contributed by atoms with Crippen molar-refractivity contribution >= 4 is 38.5 Å². The van der Waals surface area contributed by atoms with Gasteiger partial charge in [-0.3, -0.25) is 9.59 Å². The first kappa shape index (κ1) is 21.2. The van der Waals surface area contributed by atoms with Gasteiger partial charge in [0.05, 0.1) is 6.04 Å². The highest BCUT2D eigenvalue weighted by Gasteiger charge is 2.36. The molecule has 3 aromatic rings. The third kappa shape index (κ3) is 4.06. The number of nitrogens with zero attached hydrogens (tertiary/aromatic N) is 2. The van der Waals surface area contributed by atoms with Crippen LogP contribution in [0.3, 0.4) is 0 Å². The van der Waals surface area contributed by atoms with Gasteiger partial charge >= 0.3 is 0 Å². The lowest BCUT2D eigenvalue weighted by Crippen LogP contribution is -2.44. The number of carbonyl (C=O) groups is 2. The van der Waals surface area contributed by atoms with Crippen LogP contribution < -0.4 is 0 Å². The van der Waals surface area contributed by atoms with Crippen molar-refractivity contribution in [3.63, 3.8) is 0 Å². The normalized spacial score (nSPS) is 19.5. The number of piperidine rings is 1. The second kappa shape index (κ2) is 9.07. The fraction of sp³-hybridized carbons (Fsp3) is 0.333. The molecule has 5 heteroatoms. The third-order valence-corrected chi connectivity index (χ3v) is 7.47. The number of hydrogen-bond acceptors (Lipinski definition) is 2. The van der Waals surface area contributed by atoms with E-state index in [0.717, 1.165) is 53.0 Å². The number of rotatable bonds is 3. The lowest BCUT2D eigenvalue weighted by molar-refractivity contribution is -0.137. The topological polar surface area (TPSA) is 40.6 Å². The average Bonchev–Trinajstić information content (AvgIpc) is 3.33. The number of halogens is 1. The van der Waals surface area contributed by atoms with E-state index in [1.165, 1.54) is 5.56 Å². The Labute approximate surface area is 197 Å². The molecule has 5 rings (SSSR count). The lowest BCUT2D eigenvalue weighted by Gasteiger charge is -2.35. The molecule has 1 unspecified atom stereocenters. The molecule has 2 fully saturated rings. The third-order valence-electron chi connectivity index (χ3n) is 6.94. The lowest BCUT2D eigenvalue weighted by atomic mass is 9.93. The highest BCUT2D eigenvalue weighted by molar-refractivity contribution is 9.10. The van der Waals surface area contributed by atoms with Crippen LogP contribution in [-0.4, -0.2) is 41.2 Å². The summed E-state index contributed by atoms with van der Waals surface area (Å²) in [6, 6.07) is 22.4. The number of amides is 2. The number of likely N-dealkylation sites (tertiary alicyclic amines) is 2. The predicted octanol–water partition coefficient (Wildman–Crippen LogP) is 5.82. The van der Waals surface area contributed by atoms with Crippen molar-refractivity contribution in [2.75, 3.05) is 19.6 Å². The molecule has 0 radical (unpaired) electrons. The van der Waals surface area contributed by atoms with Crippen LogP contribution in [0.25, 0.3) is 10.8 Å². The van der Waals surface area contributed by atoms with Crippen LogP contribution in [-0.2, 0) is 4.79 Å². The number of carbonyl (C=O) groups excluding carboxylic acids is 2. The van der Waals surface area contributed by atoms with E-state index in [9.17, 15) is 9.59 Å². The fourth-order valence-corrected chi connectivity index (χ4v) is 5.47. The molecule has 32 heavy (non-hydrogen) atoms. The molecule has 2 aliphatic heterocycles. The minimum atomic E-state index is 0.00242. The smallest absolute Gasteiger partial charge is 0.254 e. The van der Waals surface area contributed by atoms with Gasteiger partial charge in [0.25, 0.3) is 5.91 Å². The summed E-state index contributed by atoms with van der Waals surface area (Å²) in [6.07, 6.45) is 3.54. The largest absolute Gasteiger partial charge is 0.339 e. The van der Waals surface area contributed by atoms with E-state index < -0.39 is 0 Å². The van der Waals surface area contributed by atoms with Crippen molar-refractivity contribution < 1.29 is 9.59 Å². The van der Waals surface area contributed by atoms with Gasteiger partial charge in [-0.1, -0.05) is 64.5 Å². The zero-order valence-electron chi connectivity index (χ0n) is 18.0. The Hall–Kier alpha value is -2.66. The van der Waals surface area contributed by atoms with Crippen LogP contribution in [0.2, 0.25) is 0 Å². The van der Waals surface area contributed by atoms with Crippen LogP contribution in [0.4, 0.5) is 0 Å². The van der Waals surface area contributed by atoms with Crippen molar-refractivity contribution in [3.8, 4) is 0 Å². The second-order valence-electron chi connectivity index (χ2n) is 8.83. The van der Waals surface area contributed by atoms with Gasteiger partial charge in [0.1, 0.15) is 0 Å². The molecule has 0 aromatic heterocycles. The zero-order valence-corrected chi connectivity index (χ0v) is 19.6. The fourth-order valence-electron chi connectivity index (χ4n) is 5.21. The van der Waals surface area contributed by atoms with Crippen molar-refractivity contribution in [2.24, 2.45) is 5.92 Å². The summed E-state index contributed by atoms with van der Waals surface area (Å²) in [6.45, 7) is 2.10. The SMILES string of the molecule is O=C(c1cccc2ccccc12)N1CCC(C(=O)N2CCCC2c2ccc(Br)cc2)CC1. The Morgan fingerprint density at radius 3 is 2.31 bits per heavy atom. The van der Waals surface area contributed by atoms with E-state index in [1.807, 2.05) is 59.5 Å². The van der Waals surface area contributed by atoms with Crippen LogP contribution >= 0.6 is 15.9 Å².